The number of aliphatic carboxylic acids is 1. The van der Waals surface area contributed by atoms with Crippen LogP contribution in [0.15, 0.2) is 24.4 Å². The predicted octanol–water partition coefficient (Wildman–Crippen LogP) is 4.73. The molecule has 8 nitrogen and oxygen atoms in total. The summed E-state index contributed by atoms with van der Waals surface area (Å²) in [5.74, 6) is 1.12. The van der Waals surface area contributed by atoms with E-state index in [0.29, 0.717) is 51.2 Å². The number of aliphatic hydroxyl groups excluding tert-OH is 1. The molecule has 2 aromatic rings. The number of carboxylic acids is 1. The maximum Gasteiger partial charge on any atom is 0.309 e. The SMILES string of the molecule is COc1ccc2ncc(CN3CCOCC3)c([C@@H](O)CCC3(C(=O)O)CCN(CCSC4CCCC4)CC3)c2c1. The zero-order valence-corrected chi connectivity index (χ0v) is 24.7. The summed E-state index contributed by atoms with van der Waals surface area (Å²) in [6.07, 6.45) is 8.64. The fourth-order valence-corrected chi connectivity index (χ4v) is 7.98. The number of piperidine rings is 1. The molecule has 0 unspecified atom stereocenters. The van der Waals surface area contributed by atoms with Crippen LogP contribution < -0.4 is 4.74 Å². The van der Waals surface area contributed by atoms with Crippen LogP contribution in [0, 0.1) is 5.41 Å². The lowest BCUT2D eigenvalue weighted by Crippen LogP contribution is -2.45. The van der Waals surface area contributed by atoms with Gasteiger partial charge in [0.25, 0.3) is 0 Å². The van der Waals surface area contributed by atoms with Gasteiger partial charge in [-0.05, 0) is 80.9 Å². The Morgan fingerprint density at radius 2 is 1.93 bits per heavy atom. The van der Waals surface area contributed by atoms with Gasteiger partial charge in [-0.1, -0.05) is 12.8 Å². The Labute approximate surface area is 242 Å². The lowest BCUT2D eigenvalue weighted by atomic mass is 9.74. The fourth-order valence-electron chi connectivity index (χ4n) is 6.62. The number of aromatic nitrogens is 1. The van der Waals surface area contributed by atoms with Crippen LogP contribution in [0.5, 0.6) is 5.75 Å². The van der Waals surface area contributed by atoms with Crippen molar-refractivity contribution in [2.24, 2.45) is 5.41 Å². The first-order valence-electron chi connectivity index (χ1n) is 15.0. The maximum atomic E-state index is 12.6. The number of likely N-dealkylation sites (tertiary alicyclic amines) is 1. The highest BCUT2D eigenvalue weighted by Crippen LogP contribution is 2.41. The van der Waals surface area contributed by atoms with E-state index in [1.54, 1.807) is 7.11 Å². The normalized spacial score (nSPS) is 21.6. The van der Waals surface area contributed by atoms with Crippen LogP contribution >= 0.6 is 11.8 Å². The summed E-state index contributed by atoms with van der Waals surface area (Å²) in [4.78, 5) is 22.0. The smallest absolute Gasteiger partial charge is 0.309 e. The van der Waals surface area contributed by atoms with E-state index >= 15 is 0 Å². The second kappa shape index (κ2) is 13.8. The van der Waals surface area contributed by atoms with Gasteiger partial charge in [0.2, 0.25) is 0 Å². The molecule has 0 bridgehead atoms. The highest BCUT2D eigenvalue weighted by atomic mass is 32.2. The van der Waals surface area contributed by atoms with E-state index in [1.165, 1.54) is 25.7 Å². The summed E-state index contributed by atoms with van der Waals surface area (Å²) in [6, 6.07) is 5.74. The van der Waals surface area contributed by atoms with Crippen molar-refractivity contribution >= 4 is 28.6 Å². The number of rotatable bonds is 12. The van der Waals surface area contributed by atoms with Crippen LogP contribution in [-0.4, -0.2) is 95.0 Å². The standard InChI is InChI=1S/C31H45N3O5S/c1-38-24-6-7-27-26(20-24)29(23(21-32-27)22-34-14-17-39-18-15-34)28(35)8-9-31(30(36)37)10-12-33(13-11-31)16-19-40-25-4-2-3-5-25/h6-7,20-21,25,28,35H,2-5,8-19,22H2,1H3,(H,36,37)/t28-/m0/s1. The van der Waals surface area contributed by atoms with E-state index < -0.39 is 17.5 Å². The van der Waals surface area contributed by atoms with Crippen LogP contribution in [0.4, 0.5) is 0 Å². The topological polar surface area (TPSA) is 95.4 Å². The lowest BCUT2D eigenvalue weighted by molar-refractivity contribution is -0.153. The van der Waals surface area contributed by atoms with Crippen LogP contribution in [-0.2, 0) is 16.1 Å². The van der Waals surface area contributed by atoms with E-state index in [4.69, 9.17) is 9.47 Å². The van der Waals surface area contributed by atoms with Crippen LogP contribution in [0.2, 0.25) is 0 Å². The summed E-state index contributed by atoms with van der Waals surface area (Å²) in [6.45, 7) is 6.40. The van der Waals surface area contributed by atoms with E-state index in [-0.39, 0.29) is 0 Å². The van der Waals surface area contributed by atoms with Gasteiger partial charge in [0, 0.05) is 48.8 Å². The number of methoxy groups -OCH3 is 1. The molecule has 2 saturated heterocycles. The molecule has 1 saturated carbocycles. The molecule has 220 valence electrons. The largest absolute Gasteiger partial charge is 0.497 e. The van der Waals surface area contributed by atoms with Gasteiger partial charge in [0.05, 0.1) is 37.4 Å². The molecule has 3 heterocycles. The summed E-state index contributed by atoms with van der Waals surface area (Å²) >= 11 is 2.10. The first-order chi connectivity index (χ1) is 19.5. The van der Waals surface area contributed by atoms with Crippen molar-refractivity contribution in [1.82, 2.24) is 14.8 Å². The van der Waals surface area contributed by atoms with E-state index in [2.05, 4.69) is 26.5 Å². The van der Waals surface area contributed by atoms with E-state index in [1.807, 2.05) is 24.4 Å². The van der Waals surface area contributed by atoms with E-state index in [9.17, 15) is 15.0 Å². The van der Waals surface area contributed by atoms with Crippen LogP contribution in [0.3, 0.4) is 0 Å². The zero-order valence-electron chi connectivity index (χ0n) is 23.9. The monoisotopic (exact) mass is 571 g/mol. The van der Waals surface area contributed by atoms with Crippen LogP contribution in [0.1, 0.15) is 68.6 Å². The number of thioether (sulfide) groups is 1. The summed E-state index contributed by atoms with van der Waals surface area (Å²) in [7, 11) is 1.64. The average molecular weight is 572 g/mol. The molecule has 1 aliphatic carbocycles. The average Bonchev–Trinajstić information content (AvgIpc) is 3.50. The number of hydrogen-bond acceptors (Lipinski definition) is 8. The van der Waals surface area contributed by atoms with Crippen molar-refractivity contribution in [2.45, 2.75) is 69.3 Å². The molecular weight excluding hydrogens is 526 g/mol. The molecule has 5 rings (SSSR count). The summed E-state index contributed by atoms with van der Waals surface area (Å²) in [5.41, 5.74) is 1.84. The number of pyridine rings is 1. The number of nitrogens with zero attached hydrogens (tertiary/aromatic N) is 3. The Morgan fingerprint density at radius 3 is 2.62 bits per heavy atom. The zero-order chi connectivity index (χ0) is 28.0. The molecule has 2 aliphatic heterocycles. The van der Waals surface area contributed by atoms with Crippen molar-refractivity contribution in [2.75, 3.05) is 58.8 Å². The Morgan fingerprint density at radius 1 is 1.18 bits per heavy atom. The van der Waals surface area contributed by atoms with Crippen molar-refractivity contribution in [1.29, 1.82) is 0 Å². The molecule has 1 aromatic carbocycles. The lowest BCUT2D eigenvalue weighted by Gasteiger charge is -2.39. The summed E-state index contributed by atoms with van der Waals surface area (Å²) in [5, 5.41) is 23.7. The predicted molar refractivity (Wildman–Crippen MR) is 159 cm³/mol. The van der Waals surface area contributed by atoms with Gasteiger partial charge in [-0.3, -0.25) is 14.7 Å². The Kier molecular flexibility index (Phi) is 10.2. The second-order valence-electron chi connectivity index (χ2n) is 11.7. The third-order valence-corrected chi connectivity index (χ3v) is 10.6. The van der Waals surface area contributed by atoms with Gasteiger partial charge in [-0.15, -0.1) is 0 Å². The highest BCUT2D eigenvalue weighted by molar-refractivity contribution is 7.99. The number of ether oxygens (including phenoxy) is 2. The third-order valence-electron chi connectivity index (χ3n) is 9.26. The highest BCUT2D eigenvalue weighted by Gasteiger charge is 2.41. The molecular formula is C31H45N3O5S. The number of benzene rings is 1. The molecule has 40 heavy (non-hydrogen) atoms. The van der Waals surface area contributed by atoms with Gasteiger partial charge in [0.15, 0.2) is 0 Å². The van der Waals surface area contributed by atoms with E-state index in [0.717, 1.165) is 65.8 Å². The van der Waals surface area contributed by atoms with Crippen molar-refractivity contribution in [3.8, 4) is 5.75 Å². The van der Waals surface area contributed by atoms with Crippen LogP contribution in [0.25, 0.3) is 10.9 Å². The van der Waals surface area contributed by atoms with Gasteiger partial charge in [-0.25, -0.2) is 0 Å². The fraction of sp³-hybridized carbons (Fsp3) is 0.677. The van der Waals surface area contributed by atoms with Gasteiger partial charge < -0.3 is 24.6 Å². The molecule has 0 amide bonds. The minimum atomic E-state index is -0.791. The number of carboxylic acid groups (broad SMARTS) is 1. The summed E-state index contributed by atoms with van der Waals surface area (Å²) < 4.78 is 11.0. The molecule has 0 radical (unpaired) electrons. The Bertz CT molecular complexity index is 1130. The molecule has 1 atom stereocenters. The molecule has 3 aliphatic rings. The van der Waals surface area contributed by atoms with Crippen molar-refractivity contribution in [3.05, 3.63) is 35.5 Å². The third kappa shape index (κ3) is 7.10. The number of fused-ring (bicyclic) bond motifs is 1. The Balaban J connectivity index is 1.27. The number of aliphatic hydroxyl groups is 1. The number of morpholine rings is 1. The molecule has 1 aromatic heterocycles. The molecule has 9 heteroatoms. The minimum absolute atomic E-state index is 0.399. The minimum Gasteiger partial charge on any atom is -0.497 e. The van der Waals surface area contributed by atoms with Gasteiger partial charge in [-0.2, -0.15) is 11.8 Å². The Hall–Kier alpha value is -1.91. The van der Waals surface area contributed by atoms with Gasteiger partial charge in [0.1, 0.15) is 5.75 Å². The first-order valence-corrected chi connectivity index (χ1v) is 16.0. The molecule has 2 N–H and O–H groups in total. The van der Waals surface area contributed by atoms with Crippen molar-refractivity contribution in [3.63, 3.8) is 0 Å². The first kappa shape index (κ1) is 29.6. The number of carbonyl (C=O) groups is 1. The maximum absolute atomic E-state index is 12.6. The van der Waals surface area contributed by atoms with Gasteiger partial charge >= 0.3 is 5.97 Å². The second-order valence-corrected chi connectivity index (χ2v) is 13.1. The quantitative estimate of drug-likeness (QED) is 0.375. The molecule has 0 spiro atoms. The van der Waals surface area contributed by atoms with Crippen molar-refractivity contribution < 1.29 is 24.5 Å². The number of hydrogen-bond donors (Lipinski definition) is 2. The molecule has 3 fully saturated rings.